The Morgan fingerprint density at radius 1 is 0.522 bits per heavy atom. The molecule has 9 aliphatic rings. The average Bonchev–Trinajstić information content (AvgIpc) is 2.92. The van der Waals surface area contributed by atoms with Crippen LogP contribution in [0.1, 0.15) is 64.2 Å². The summed E-state index contributed by atoms with van der Waals surface area (Å²) < 4.78 is 1.44. The highest BCUT2D eigenvalue weighted by atomic mass is 32.2. The van der Waals surface area contributed by atoms with Gasteiger partial charge < -0.3 is 0 Å². The lowest BCUT2D eigenvalue weighted by Crippen LogP contribution is -2.58. The van der Waals surface area contributed by atoms with Crippen molar-refractivity contribution in [3.8, 4) is 0 Å². The van der Waals surface area contributed by atoms with Gasteiger partial charge in [0, 0.05) is 10.5 Å². The van der Waals surface area contributed by atoms with Gasteiger partial charge in [-0.3, -0.25) is 0 Å². The Morgan fingerprint density at radius 2 is 0.957 bits per heavy atom. The normalized spacial score (nSPS) is 67.8. The van der Waals surface area contributed by atoms with E-state index < -0.39 is 0 Å². The zero-order valence-electron chi connectivity index (χ0n) is 14.2. The highest BCUT2D eigenvalue weighted by Crippen LogP contribution is 2.77. The van der Waals surface area contributed by atoms with Gasteiger partial charge in [-0.25, -0.2) is 0 Å². The van der Waals surface area contributed by atoms with Crippen molar-refractivity contribution in [1.29, 1.82) is 0 Å². The van der Waals surface area contributed by atoms with Crippen LogP contribution >= 0.6 is 23.5 Å². The summed E-state index contributed by atoms with van der Waals surface area (Å²) in [5, 5.41) is 0. The molecule has 1 heterocycles. The highest BCUT2D eigenvalue weighted by molar-refractivity contribution is 8.22. The third-order valence-electron chi connectivity index (χ3n) is 9.67. The van der Waals surface area contributed by atoms with Gasteiger partial charge in [0.15, 0.2) is 0 Å². The molecule has 9 fully saturated rings. The smallest absolute Gasteiger partial charge is 0.0674 e. The fourth-order valence-corrected chi connectivity index (χ4v) is 14.3. The fourth-order valence-electron chi connectivity index (χ4n) is 9.21. The molecule has 0 N–H and O–H groups in total. The third-order valence-corrected chi connectivity index (χ3v) is 14.4. The van der Waals surface area contributed by atoms with Gasteiger partial charge >= 0.3 is 0 Å². The van der Waals surface area contributed by atoms with E-state index in [9.17, 15) is 0 Å². The lowest BCUT2D eigenvalue weighted by atomic mass is 9.52. The van der Waals surface area contributed by atoms with E-state index in [4.69, 9.17) is 0 Å². The quantitative estimate of drug-likeness (QED) is 0.542. The second kappa shape index (κ2) is 4.33. The van der Waals surface area contributed by atoms with Gasteiger partial charge in [-0.05, 0) is 112 Å². The number of hydrogen-bond acceptors (Lipinski definition) is 2. The van der Waals surface area contributed by atoms with E-state index in [0.717, 1.165) is 52.1 Å². The molecule has 2 spiro atoms. The van der Waals surface area contributed by atoms with Crippen LogP contribution < -0.4 is 0 Å². The van der Waals surface area contributed by atoms with Crippen LogP contribution in [-0.4, -0.2) is 14.6 Å². The number of rotatable bonds is 0. The van der Waals surface area contributed by atoms with Crippen LogP contribution in [0.25, 0.3) is 0 Å². The molecule has 1 saturated heterocycles. The molecule has 8 aliphatic carbocycles. The van der Waals surface area contributed by atoms with E-state index >= 15 is 0 Å². The van der Waals surface area contributed by atoms with Gasteiger partial charge in [0.05, 0.1) is 4.08 Å². The number of thioether (sulfide) groups is 2. The monoisotopic (exact) mass is 346 g/mol. The second-order valence-electron chi connectivity index (χ2n) is 10.7. The lowest BCUT2D eigenvalue weighted by Gasteiger charge is -2.63. The van der Waals surface area contributed by atoms with E-state index in [2.05, 4.69) is 23.5 Å². The maximum atomic E-state index is 2.65. The SMILES string of the molecule is C1C2CC3CC1CC(C2)C31CSC2(S1)C1CC3CC(C1)CC2C3. The first kappa shape index (κ1) is 13.8. The van der Waals surface area contributed by atoms with Gasteiger partial charge in [0.25, 0.3) is 0 Å². The van der Waals surface area contributed by atoms with E-state index in [1.165, 1.54) is 0 Å². The minimum Gasteiger partial charge on any atom is -0.142 e. The molecular weight excluding hydrogens is 316 g/mol. The molecule has 0 aromatic heterocycles. The first-order chi connectivity index (χ1) is 11.2. The van der Waals surface area contributed by atoms with Gasteiger partial charge in [0.1, 0.15) is 0 Å². The molecule has 0 amide bonds. The Balaban J connectivity index is 1.27. The van der Waals surface area contributed by atoms with Crippen molar-refractivity contribution >= 4 is 23.5 Å². The van der Waals surface area contributed by atoms with Crippen molar-refractivity contribution < 1.29 is 0 Å². The average molecular weight is 347 g/mol. The fraction of sp³-hybridized carbons (Fsp3) is 1.00. The van der Waals surface area contributed by atoms with E-state index in [0.29, 0.717) is 4.08 Å². The summed E-state index contributed by atoms with van der Waals surface area (Å²) in [5.74, 6) is 10.6. The van der Waals surface area contributed by atoms with Gasteiger partial charge in [-0.15, -0.1) is 23.5 Å². The Bertz CT molecular complexity index is 448. The Kier molecular flexibility index (Phi) is 2.60. The zero-order valence-corrected chi connectivity index (χ0v) is 15.8. The predicted molar refractivity (Wildman–Crippen MR) is 99.6 cm³/mol. The van der Waals surface area contributed by atoms with Crippen LogP contribution in [0.3, 0.4) is 0 Å². The molecule has 8 bridgehead atoms. The van der Waals surface area contributed by atoms with Crippen molar-refractivity contribution in [1.82, 2.24) is 0 Å². The molecule has 2 heteroatoms. The van der Waals surface area contributed by atoms with Crippen LogP contribution in [0.4, 0.5) is 0 Å². The van der Waals surface area contributed by atoms with Crippen molar-refractivity contribution in [2.24, 2.45) is 47.3 Å². The Labute approximate surface area is 149 Å². The molecule has 0 unspecified atom stereocenters. The van der Waals surface area contributed by atoms with E-state index in [-0.39, 0.29) is 0 Å². The molecule has 0 aromatic rings. The summed E-state index contributed by atoms with van der Waals surface area (Å²) in [4.78, 5) is 0. The minimum absolute atomic E-state index is 0.697. The summed E-state index contributed by atoms with van der Waals surface area (Å²) in [6.07, 6.45) is 16.2. The van der Waals surface area contributed by atoms with Crippen LogP contribution in [0.2, 0.25) is 0 Å². The van der Waals surface area contributed by atoms with Gasteiger partial charge in [-0.2, -0.15) is 0 Å². The largest absolute Gasteiger partial charge is 0.142 e. The molecule has 0 atom stereocenters. The molecule has 126 valence electrons. The molecular formula is C21H30S2. The van der Waals surface area contributed by atoms with E-state index in [1.807, 2.05) is 0 Å². The highest BCUT2D eigenvalue weighted by Gasteiger charge is 2.68. The summed E-state index contributed by atoms with van der Waals surface area (Å²) >= 11 is 5.17. The third kappa shape index (κ3) is 1.61. The van der Waals surface area contributed by atoms with Crippen LogP contribution in [0.15, 0.2) is 0 Å². The van der Waals surface area contributed by atoms with Crippen LogP contribution in [0.5, 0.6) is 0 Å². The molecule has 0 aromatic carbocycles. The topological polar surface area (TPSA) is 0 Å². The molecule has 8 saturated carbocycles. The minimum atomic E-state index is 0.697. The van der Waals surface area contributed by atoms with Gasteiger partial charge in [0.2, 0.25) is 0 Å². The van der Waals surface area contributed by atoms with Crippen molar-refractivity contribution in [2.45, 2.75) is 73.0 Å². The molecule has 1 aliphatic heterocycles. The zero-order chi connectivity index (χ0) is 14.8. The maximum absolute atomic E-state index is 2.65. The maximum Gasteiger partial charge on any atom is 0.0674 e. The Hall–Kier alpha value is 0.700. The van der Waals surface area contributed by atoms with Crippen molar-refractivity contribution in [3.63, 3.8) is 0 Å². The molecule has 0 nitrogen and oxygen atoms in total. The first-order valence-electron chi connectivity index (χ1n) is 10.6. The summed E-state index contributed by atoms with van der Waals surface area (Å²) in [5.41, 5.74) is 0. The Morgan fingerprint density at radius 3 is 1.43 bits per heavy atom. The summed E-state index contributed by atoms with van der Waals surface area (Å²) in [6, 6.07) is 0. The van der Waals surface area contributed by atoms with E-state index in [1.54, 1.807) is 70.0 Å². The van der Waals surface area contributed by atoms with Crippen LogP contribution in [-0.2, 0) is 0 Å². The standard InChI is InChI=1S/C21H30S2/c1-12-3-16-5-13(1)6-17(4-12)20(16)11-22-21(23-20)18-7-14-2-15(9-18)10-19(21)8-14/h12-19H,1-11H2. The van der Waals surface area contributed by atoms with Crippen LogP contribution in [0, 0.1) is 47.3 Å². The molecule has 23 heavy (non-hydrogen) atoms. The summed E-state index contributed by atoms with van der Waals surface area (Å²) in [6.45, 7) is 0. The van der Waals surface area contributed by atoms with Crippen molar-refractivity contribution in [3.05, 3.63) is 0 Å². The summed E-state index contributed by atoms with van der Waals surface area (Å²) in [7, 11) is 0. The number of hydrogen-bond donors (Lipinski definition) is 0. The van der Waals surface area contributed by atoms with Gasteiger partial charge in [-0.1, -0.05) is 0 Å². The predicted octanol–water partition coefficient (Wildman–Crippen LogP) is 5.81. The lowest BCUT2D eigenvalue weighted by molar-refractivity contribution is -0.00952. The first-order valence-corrected chi connectivity index (χ1v) is 12.4. The van der Waals surface area contributed by atoms with Crippen molar-refractivity contribution in [2.75, 3.05) is 5.75 Å². The second-order valence-corrected chi connectivity index (χ2v) is 13.8. The molecule has 9 rings (SSSR count). The molecule has 0 radical (unpaired) electrons.